The second kappa shape index (κ2) is 4.22. The fraction of sp³-hybridized carbons (Fsp3) is 0.111. The van der Waals surface area contributed by atoms with Crippen LogP contribution in [0.15, 0.2) is 28.7 Å². The zero-order valence-electron chi connectivity index (χ0n) is 6.02. The molecular weight excluding hydrogens is 226 g/mol. The Labute approximate surface area is 77.7 Å². The molecule has 0 atom stereocenters. The van der Waals surface area contributed by atoms with Crippen LogP contribution in [0.25, 0.3) is 0 Å². The molecule has 0 nitrogen and oxygen atoms in total. The second-order valence-electron chi connectivity index (χ2n) is 2.08. The summed E-state index contributed by atoms with van der Waals surface area (Å²) < 4.78 is 24.1. The van der Waals surface area contributed by atoms with Crippen LogP contribution in [0.2, 0.25) is 0 Å². The van der Waals surface area contributed by atoms with Crippen LogP contribution in [0.4, 0.5) is 8.78 Å². The smallest absolute Gasteiger partial charge is 0.196 e. The number of hydrogen-bond acceptors (Lipinski definition) is 0. The van der Waals surface area contributed by atoms with Crippen molar-refractivity contribution in [2.45, 2.75) is 6.43 Å². The maximum absolute atomic E-state index is 11.6. The lowest BCUT2D eigenvalue weighted by Gasteiger charge is -1.89. The van der Waals surface area contributed by atoms with Crippen LogP contribution < -0.4 is 0 Å². The molecule has 0 unspecified atom stereocenters. The van der Waals surface area contributed by atoms with Crippen LogP contribution in [0, 0.1) is 11.8 Å². The molecule has 0 bridgehead atoms. The van der Waals surface area contributed by atoms with Gasteiger partial charge >= 0.3 is 0 Å². The predicted molar refractivity (Wildman–Crippen MR) is 47.0 cm³/mol. The average Bonchev–Trinajstić information content (AvgIpc) is 2.03. The van der Waals surface area contributed by atoms with Gasteiger partial charge in [0.2, 0.25) is 0 Å². The van der Waals surface area contributed by atoms with Crippen molar-refractivity contribution >= 4 is 15.9 Å². The first-order valence-electron chi connectivity index (χ1n) is 3.24. The summed E-state index contributed by atoms with van der Waals surface area (Å²) in [6, 6.07) is 6.88. The van der Waals surface area contributed by atoms with Gasteiger partial charge in [-0.15, -0.1) is 0 Å². The van der Waals surface area contributed by atoms with Crippen LogP contribution in [-0.4, -0.2) is 6.43 Å². The summed E-state index contributed by atoms with van der Waals surface area (Å²) in [6.07, 6.45) is -2.56. The van der Waals surface area contributed by atoms with E-state index < -0.39 is 6.43 Å². The van der Waals surface area contributed by atoms with E-state index in [1.165, 1.54) is 0 Å². The van der Waals surface area contributed by atoms with Crippen molar-refractivity contribution in [1.82, 2.24) is 0 Å². The average molecular weight is 231 g/mol. The van der Waals surface area contributed by atoms with Crippen molar-refractivity contribution in [2.75, 3.05) is 0 Å². The summed E-state index contributed by atoms with van der Waals surface area (Å²) in [5.74, 6) is 4.13. The Kier molecular flexibility index (Phi) is 3.24. The molecule has 1 rings (SSSR count). The number of halogens is 3. The van der Waals surface area contributed by atoms with E-state index >= 15 is 0 Å². The molecule has 0 amide bonds. The highest BCUT2D eigenvalue weighted by atomic mass is 79.9. The van der Waals surface area contributed by atoms with E-state index in [9.17, 15) is 8.78 Å². The molecule has 0 N–H and O–H groups in total. The molecule has 1 aromatic rings. The molecule has 0 aliphatic carbocycles. The quantitative estimate of drug-likeness (QED) is 0.602. The third-order valence-corrected chi connectivity index (χ3v) is 1.70. The fourth-order valence-corrected chi connectivity index (χ4v) is 0.935. The van der Waals surface area contributed by atoms with E-state index in [4.69, 9.17) is 0 Å². The Hall–Kier alpha value is -0.880. The fourth-order valence-electron chi connectivity index (χ4n) is 0.671. The third-order valence-electron chi connectivity index (χ3n) is 1.17. The molecule has 3 heteroatoms. The molecule has 0 spiro atoms. The predicted octanol–water partition coefficient (Wildman–Crippen LogP) is 3.07. The lowest BCUT2D eigenvalue weighted by molar-refractivity contribution is 0.215. The molecule has 62 valence electrons. The van der Waals surface area contributed by atoms with E-state index in [2.05, 4.69) is 21.9 Å². The molecule has 0 heterocycles. The Morgan fingerprint density at radius 2 is 1.75 bits per heavy atom. The van der Waals surface area contributed by atoms with Gasteiger partial charge < -0.3 is 0 Å². The standard InChI is InChI=1S/C9H5BrF2/c10-8-4-1-7(2-5-8)3-6-9(11)12/h1-2,4-5,9H. The summed E-state index contributed by atoms with van der Waals surface area (Å²) in [5.41, 5.74) is 0.596. The molecule has 0 aliphatic heterocycles. The van der Waals surface area contributed by atoms with E-state index in [0.29, 0.717) is 5.56 Å². The third kappa shape index (κ3) is 3.02. The van der Waals surface area contributed by atoms with E-state index in [1.54, 1.807) is 30.2 Å². The van der Waals surface area contributed by atoms with E-state index in [1.807, 2.05) is 0 Å². The van der Waals surface area contributed by atoms with Crippen molar-refractivity contribution in [2.24, 2.45) is 0 Å². The van der Waals surface area contributed by atoms with Gasteiger partial charge in [0.1, 0.15) is 0 Å². The topological polar surface area (TPSA) is 0 Å². The van der Waals surface area contributed by atoms with Crippen LogP contribution in [0.3, 0.4) is 0 Å². The highest BCUT2D eigenvalue weighted by molar-refractivity contribution is 9.10. The van der Waals surface area contributed by atoms with Gasteiger partial charge in [0.25, 0.3) is 6.43 Å². The largest absolute Gasteiger partial charge is 0.299 e. The zero-order chi connectivity index (χ0) is 8.97. The minimum absolute atomic E-state index is 0.596. The summed E-state index contributed by atoms with van der Waals surface area (Å²) >= 11 is 3.23. The van der Waals surface area contributed by atoms with Gasteiger partial charge in [-0.3, -0.25) is 0 Å². The van der Waals surface area contributed by atoms with Crippen molar-refractivity contribution < 1.29 is 8.78 Å². The van der Waals surface area contributed by atoms with E-state index in [0.717, 1.165) is 4.47 Å². The number of rotatable bonds is 0. The van der Waals surface area contributed by atoms with Crippen LogP contribution >= 0.6 is 15.9 Å². The molecule has 0 radical (unpaired) electrons. The van der Waals surface area contributed by atoms with Crippen molar-refractivity contribution in [3.8, 4) is 11.8 Å². The van der Waals surface area contributed by atoms with Gasteiger partial charge in [-0.25, -0.2) is 0 Å². The van der Waals surface area contributed by atoms with Gasteiger partial charge in [0.05, 0.1) is 0 Å². The summed E-state index contributed by atoms with van der Waals surface area (Å²) in [5, 5.41) is 0. The molecule has 0 saturated carbocycles. The lowest BCUT2D eigenvalue weighted by Crippen LogP contribution is -1.81. The maximum Gasteiger partial charge on any atom is 0.299 e. The lowest BCUT2D eigenvalue weighted by atomic mass is 10.2. The van der Waals surface area contributed by atoms with E-state index in [-0.39, 0.29) is 0 Å². The number of alkyl halides is 2. The highest BCUT2D eigenvalue weighted by Crippen LogP contribution is 2.09. The van der Waals surface area contributed by atoms with Gasteiger partial charge in [0.15, 0.2) is 0 Å². The molecular formula is C9H5BrF2. The Bertz CT molecular complexity index is 306. The van der Waals surface area contributed by atoms with Gasteiger partial charge in [-0.2, -0.15) is 8.78 Å². The van der Waals surface area contributed by atoms with Crippen LogP contribution in [0.1, 0.15) is 5.56 Å². The Morgan fingerprint density at radius 3 is 2.25 bits per heavy atom. The zero-order valence-corrected chi connectivity index (χ0v) is 7.61. The molecule has 1 aromatic carbocycles. The second-order valence-corrected chi connectivity index (χ2v) is 2.99. The summed E-state index contributed by atoms with van der Waals surface area (Å²) in [7, 11) is 0. The molecule has 0 saturated heterocycles. The van der Waals surface area contributed by atoms with Crippen molar-refractivity contribution in [3.05, 3.63) is 34.3 Å². The summed E-state index contributed by atoms with van der Waals surface area (Å²) in [4.78, 5) is 0. The minimum atomic E-state index is -2.56. The molecule has 0 aromatic heterocycles. The minimum Gasteiger partial charge on any atom is -0.196 e. The van der Waals surface area contributed by atoms with Crippen molar-refractivity contribution in [1.29, 1.82) is 0 Å². The normalized spacial score (nSPS) is 9.33. The number of benzene rings is 1. The SMILES string of the molecule is FC(F)C#Cc1ccc(Br)cc1. The first-order valence-corrected chi connectivity index (χ1v) is 4.03. The summed E-state index contributed by atoms with van der Waals surface area (Å²) in [6.45, 7) is 0. The van der Waals surface area contributed by atoms with Crippen LogP contribution in [0.5, 0.6) is 0 Å². The van der Waals surface area contributed by atoms with Crippen molar-refractivity contribution in [3.63, 3.8) is 0 Å². The van der Waals surface area contributed by atoms with Gasteiger partial charge in [0, 0.05) is 10.0 Å². The molecule has 0 aliphatic rings. The Morgan fingerprint density at radius 1 is 1.17 bits per heavy atom. The van der Waals surface area contributed by atoms with Crippen LogP contribution in [-0.2, 0) is 0 Å². The van der Waals surface area contributed by atoms with Gasteiger partial charge in [-0.05, 0) is 30.2 Å². The van der Waals surface area contributed by atoms with Gasteiger partial charge in [-0.1, -0.05) is 21.9 Å². The first kappa shape index (κ1) is 9.21. The monoisotopic (exact) mass is 230 g/mol. The highest BCUT2D eigenvalue weighted by Gasteiger charge is 1.92. The maximum atomic E-state index is 11.6. The Balaban J connectivity index is 2.79. The first-order chi connectivity index (χ1) is 5.68. The molecule has 0 fully saturated rings. The molecule has 12 heavy (non-hydrogen) atoms. The number of hydrogen-bond donors (Lipinski definition) is 0.